The van der Waals surface area contributed by atoms with Gasteiger partial charge in [-0.2, -0.15) is 0 Å². The third-order valence-corrected chi connectivity index (χ3v) is 17.1. The van der Waals surface area contributed by atoms with Crippen molar-refractivity contribution in [3.8, 4) is 0 Å². The summed E-state index contributed by atoms with van der Waals surface area (Å²) < 4.78 is 12.2. The smallest absolute Gasteiger partial charge is 0.302 e. The molecule has 6 saturated carbocycles. The van der Waals surface area contributed by atoms with Crippen LogP contribution in [-0.4, -0.2) is 35.7 Å². The number of hydrogen-bond acceptors (Lipinski definition) is 6. The lowest BCUT2D eigenvalue weighted by Gasteiger charge is -2.64. The molecule has 282 valence electrons. The highest BCUT2D eigenvalue weighted by Crippen LogP contribution is 2.71. The lowest BCUT2D eigenvalue weighted by molar-refractivity contribution is -0.162. The molecule has 8 rings (SSSR count). The molecule has 0 N–H and O–H groups in total. The van der Waals surface area contributed by atoms with Crippen LogP contribution < -0.4 is 0 Å². The van der Waals surface area contributed by atoms with Crippen molar-refractivity contribution >= 4 is 23.5 Å². The Bertz CT molecular complexity index is 1470. The Morgan fingerprint density at radius 2 is 1.08 bits per heavy atom. The molecule has 0 spiro atoms. The Balaban J connectivity index is 1.29. The van der Waals surface area contributed by atoms with Crippen molar-refractivity contribution in [2.75, 3.05) is 0 Å². The van der Waals surface area contributed by atoms with Gasteiger partial charge in [-0.1, -0.05) is 37.1 Å². The Morgan fingerprint density at radius 3 is 1.44 bits per heavy atom. The molecule has 0 aromatic carbocycles. The quantitative estimate of drug-likeness (QED) is 0.194. The molecule has 0 bridgehead atoms. The minimum absolute atomic E-state index is 0.0527. The first-order valence-corrected chi connectivity index (χ1v) is 21.0. The SMILES string of the molecule is C=CC[C@H]1C2C(CC[C@@]3(C)C2CC[C@@H]3OC(C)=O)C2CCC(=O)C=C2C1[C@H]1C2=CC(=O)CCC2C2CC[C@@]3(C)C(CC[C@@H]3OC(C)=O)C2[C@@H]1CC=C. The molecule has 9 unspecified atom stereocenters. The van der Waals surface area contributed by atoms with Crippen LogP contribution in [0.15, 0.2) is 48.6 Å². The van der Waals surface area contributed by atoms with E-state index in [9.17, 15) is 19.2 Å². The summed E-state index contributed by atoms with van der Waals surface area (Å²) in [6.07, 6.45) is 21.4. The third kappa shape index (κ3) is 5.52. The van der Waals surface area contributed by atoms with E-state index < -0.39 is 0 Å². The average molecular weight is 711 g/mol. The van der Waals surface area contributed by atoms with E-state index in [-0.39, 0.29) is 70.2 Å². The Kier molecular flexibility index (Phi) is 9.42. The molecule has 0 aliphatic heterocycles. The van der Waals surface area contributed by atoms with Gasteiger partial charge >= 0.3 is 11.9 Å². The van der Waals surface area contributed by atoms with E-state index in [2.05, 4.69) is 51.3 Å². The molecule has 0 heterocycles. The summed E-state index contributed by atoms with van der Waals surface area (Å²) in [4.78, 5) is 51.8. The normalized spacial score (nSPS) is 47.6. The molecule has 0 amide bonds. The van der Waals surface area contributed by atoms with Crippen molar-refractivity contribution in [3.05, 3.63) is 48.6 Å². The fourth-order valence-electron chi connectivity index (χ4n) is 15.5. The summed E-state index contributed by atoms with van der Waals surface area (Å²) in [5.41, 5.74) is 2.62. The molecule has 6 nitrogen and oxygen atoms in total. The second-order valence-corrected chi connectivity index (χ2v) is 19.1. The molecule has 0 saturated heterocycles. The molecule has 6 heteroatoms. The minimum atomic E-state index is -0.180. The van der Waals surface area contributed by atoms with Crippen molar-refractivity contribution in [1.29, 1.82) is 0 Å². The van der Waals surface area contributed by atoms with Crippen molar-refractivity contribution < 1.29 is 28.7 Å². The van der Waals surface area contributed by atoms with Gasteiger partial charge in [-0.15, -0.1) is 13.2 Å². The highest BCUT2D eigenvalue weighted by molar-refractivity contribution is 5.92. The molecular weight excluding hydrogens is 649 g/mol. The van der Waals surface area contributed by atoms with Gasteiger partial charge in [0, 0.05) is 37.5 Å². The van der Waals surface area contributed by atoms with E-state index in [1.807, 2.05) is 0 Å². The van der Waals surface area contributed by atoms with E-state index in [1.54, 1.807) is 13.8 Å². The summed E-state index contributed by atoms with van der Waals surface area (Å²) in [5, 5.41) is 0. The van der Waals surface area contributed by atoms with Gasteiger partial charge in [0.25, 0.3) is 0 Å². The zero-order chi connectivity index (χ0) is 36.7. The standard InChI is InChI=1S/C46H62O6/c1-7-9-33-41-31(19-21-45(5)37(41)15-17-39(45)51-25(3)47)29-13-11-27(49)23-35(29)43(33)44-34(10-8-2)42-32(30-14-12-28(50)24-36(30)44)20-22-46(6)38(42)16-18-40(46)52-26(4)48/h7-8,23-24,29-34,37-44H,1-2,9-22H2,3-6H3/t29?,30?,31?,32?,33-,34-,37?,38?,39-,40-,41?,42?,43+,44?,45-,46-/m0/s1. The average Bonchev–Trinajstić information content (AvgIpc) is 3.60. The second-order valence-electron chi connectivity index (χ2n) is 19.1. The second kappa shape index (κ2) is 13.5. The van der Waals surface area contributed by atoms with Crippen LogP contribution in [0.1, 0.15) is 118 Å². The zero-order valence-electron chi connectivity index (χ0n) is 32.2. The molecular formula is C46H62O6. The molecule has 52 heavy (non-hydrogen) atoms. The predicted molar refractivity (Wildman–Crippen MR) is 200 cm³/mol. The lowest BCUT2D eigenvalue weighted by atomic mass is 9.40. The van der Waals surface area contributed by atoms with Crippen LogP contribution in [-0.2, 0) is 28.7 Å². The minimum Gasteiger partial charge on any atom is -0.462 e. The molecule has 16 atom stereocenters. The molecule has 8 aliphatic carbocycles. The summed E-state index contributed by atoms with van der Waals surface area (Å²) in [5.74, 6) is 4.50. The van der Waals surface area contributed by atoms with Crippen LogP contribution in [0.25, 0.3) is 0 Å². The van der Waals surface area contributed by atoms with E-state index in [4.69, 9.17) is 9.47 Å². The van der Waals surface area contributed by atoms with E-state index >= 15 is 0 Å². The van der Waals surface area contributed by atoms with Crippen LogP contribution >= 0.6 is 0 Å². The van der Waals surface area contributed by atoms with Crippen LogP contribution in [0.5, 0.6) is 0 Å². The molecule has 0 aromatic rings. The maximum Gasteiger partial charge on any atom is 0.302 e. The maximum absolute atomic E-state index is 13.6. The first kappa shape index (κ1) is 36.2. The van der Waals surface area contributed by atoms with Gasteiger partial charge < -0.3 is 9.47 Å². The van der Waals surface area contributed by atoms with Gasteiger partial charge in [0.15, 0.2) is 11.6 Å². The van der Waals surface area contributed by atoms with Crippen molar-refractivity contribution in [2.45, 2.75) is 130 Å². The number of rotatable bonds is 7. The van der Waals surface area contributed by atoms with Crippen molar-refractivity contribution in [1.82, 2.24) is 0 Å². The highest BCUT2D eigenvalue weighted by Gasteiger charge is 2.66. The molecule has 0 radical (unpaired) electrons. The number of esters is 2. The third-order valence-electron chi connectivity index (χ3n) is 17.1. The highest BCUT2D eigenvalue weighted by atomic mass is 16.5. The van der Waals surface area contributed by atoms with Gasteiger partial charge in [-0.05, 0) is 160 Å². The van der Waals surface area contributed by atoms with E-state index in [1.165, 1.54) is 11.1 Å². The number of carbonyl (C=O) groups excluding carboxylic acids is 4. The number of allylic oxidation sites excluding steroid dienone is 4. The van der Waals surface area contributed by atoms with Gasteiger partial charge in [0.2, 0.25) is 0 Å². The van der Waals surface area contributed by atoms with E-state index in [0.717, 1.165) is 77.0 Å². The van der Waals surface area contributed by atoms with Crippen LogP contribution in [0, 0.1) is 81.8 Å². The molecule has 8 aliphatic rings. The van der Waals surface area contributed by atoms with Gasteiger partial charge in [0.1, 0.15) is 12.2 Å². The fraction of sp³-hybridized carbons (Fsp3) is 0.739. The van der Waals surface area contributed by atoms with Crippen LogP contribution in [0.2, 0.25) is 0 Å². The number of carbonyl (C=O) groups is 4. The number of fused-ring (bicyclic) bond motifs is 10. The first-order valence-electron chi connectivity index (χ1n) is 21.0. The Hall–Kier alpha value is -2.76. The number of hydrogen-bond donors (Lipinski definition) is 0. The van der Waals surface area contributed by atoms with Gasteiger partial charge in [-0.3, -0.25) is 19.2 Å². The molecule has 6 fully saturated rings. The monoisotopic (exact) mass is 710 g/mol. The zero-order valence-corrected chi connectivity index (χ0v) is 32.2. The van der Waals surface area contributed by atoms with Crippen LogP contribution in [0.4, 0.5) is 0 Å². The number of ether oxygens (including phenoxy) is 2. The topological polar surface area (TPSA) is 86.7 Å². The largest absolute Gasteiger partial charge is 0.462 e. The van der Waals surface area contributed by atoms with E-state index in [0.29, 0.717) is 60.2 Å². The Morgan fingerprint density at radius 1 is 0.673 bits per heavy atom. The van der Waals surface area contributed by atoms with Gasteiger partial charge in [-0.25, -0.2) is 0 Å². The first-order chi connectivity index (χ1) is 24.9. The van der Waals surface area contributed by atoms with Crippen molar-refractivity contribution in [3.63, 3.8) is 0 Å². The lowest BCUT2D eigenvalue weighted by Crippen LogP contribution is -2.59. The van der Waals surface area contributed by atoms with Gasteiger partial charge in [0.05, 0.1) is 0 Å². The molecule has 0 aromatic heterocycles. The maximum atomic E-state index is 13.6. The summed E-state index contributed by atoms with van der Waals surface area (Å²) >= 11 is 0. The number of ketones is 2. The predicted octanol–water partition coefficient (Wildman–Crippen LogP) is 9.19. The summed E-state index contributed by atoms with van der Waals surface area (Å²) in [6, 6.07) is 0. The van der Waals surface area contributed by atoms with Crippen molar-refractivity contribution in [2.24, 2.45) is 81.8 Å². The summed E-state index contributed by atoms with van der Waals surface area (Å²) in [7, 11) is 0. The fourth-order valence-corrected chi connectivity index (χ4v) is 15.5. The Labute approximate surface area is 311 Å². The summed E-state index contributed by atoms with van der Waals surface area (Å²) in [6.45, 7) is 16.6. The van der Waals surface area contributed by atoms with Crippen LogP contribution in [0.3, 0.4) is 0 Å².